The number of hydrogen-bond acceptors (Lipinski definition) is 45. The minimum Gasteiger partial charge on any atom is -0.394 e. The lowest BCUT2D eigenvalue weighted by Crippen LogP contribution is -2.68. The van der Waals surface area contributed by atoms with E-state index in [-0.39, 0.29) is 0 Å². The molecule has 0 saturated carbocycles. The van der Waals surface area contributed by atoms with Crippen molar-refractivity contribution >= 4 is 0 Å². The van der Waals surface area contributed by atoms with Gasteiger partial charge in [0, 0.05) is 0 Å². The summed E-state index contributed by atoms with van der Waals surface area (Å²) in [6, 6.07) is 0. The molecule has 0 amide bonds. The lowest BCUT2D eigenvalue weighted by atomic mass is 9.95. The van der Waals surface area contributed by atoms with Gasteiger partial charge >= 0.3 is 0 Å². The fourth-order valence-electron chi connectivity index (χ4n) is 13.4. The van der Waals surface area contributed by atoms with Crippen LogP contribution in [0.3, 0.4) is 0 Å². The summed E-state index contributed by atoms with van der Waals surface area (Å²) in [6.07, 6.45) is -93.8. The first-order valence-corrected chi connectivity index (χ1v) is 31.7. The van der Waals surface area contributed by atoms with Crippen molar-refractivity contribution in [3.05, 3.63) is 0 Å². The maximum Gasteiger partial charge on any atom is 0.187 e. The van der Waals surface area contributed by atoms with Crippen molar-refractivity contribution < 1.29 is 223 Å². The summed E-state index contributed by atoms with van der Waals surface area (Å²) < 4.78 is 103. The molecule has 0 radical (unpaired) electrons. The van der Waals surface area contributed by atoms with Gasteiger partial charge in [-0.3, -0.25) is 0 Å². The Morgan fingerprint density at radius 3 is 0.273 bits per heavy atom. The molecule has 27 rings (SSSR count). The van der Waals surface area contributed by atoms with Crippen molar-refractivity contribution in [1.29, 1.82) is 0 Å². The van der Waals surface area contributed by atoms with E-state index in [2.05, 4.69) is 0 Å². The van der Waals surface area contributed by atoms with Gasteiger partial charge in [0.25, 0.3) is 0 Å². The third kappa shape index (κ3) is 15.8. The smallest absolute Gasteiger partial charge is 0.187 e. The van der Waals surface area contributed by atoms with Gasteiger partial charge in [-0.2, -0.15) is 0 Å². The fraction of sp³-hybridized carbons (Fsp3) is 1.00. The molecule has 27 aliphatic rings. The molecule has 27 saturated heterocycles. The van der Waals surface area contributed by atoms with Crippen LogP contribution in [-0.4, -0.2) is 474 Å². The summed E-state index contributed by atoms with van der Waals surface area (Å²) >= 11 is 0. The van der Waals surface area contributed by atoms with Crippen LogP contribution in [-0.2, 0) is 85.3 Å². The van der Waals surface area contributed by atoms with Crippen molar-refractivity contribution in [2.75, 3.05) is 59.5 Å². The van der Waals surface area contributed by atoms with Crippen LogP contribution in [0.15, 0.2) is 0 Å². The Balaban J connectivity index is 0.896. The summed E-state index contributed by atoms with van der Waals surface area (Å²) in [5, 5.41) is 300. The predicted octanol–water partition coefficient (Wildman–Crippen LogP) is -19.6. The molecule has 18 unspecified atom stereocenters. The van der Waals surface area contributed by atoms with E-state index in [1.807, 2.05) is 0 Å². The average Bonchev–Trinajstić information content (AvgIpc) is 0.780. The SMILES string of the molecule is OCC1O[C@@H]2O[C@@H]3C(CO)O[C@H](O[C@@H]4C(CO)O[C@@H](O[C@@H]5C(CO)O[C@H](O[C@@H]6C(CO)O[C@H](O[C@@H]7C(CO)O[C@H](O[C@@H]8C(CO)O[C@@H](O[C@@H]9C(CO)O[C@H](O[C@@H]%10C(CO)O[C@H](O[C@H]1[C@H](O)C2O)C(O)[C@H]%10O)C(O)[C@H]9O)C(O)[C@H]8O)C(O)[C@H]7O)C(O)[C@H]6O)C(O)[C@H]5O)C(O)[C@H]4O)C(O)[C@H]3O. The van der Waals surface area contributed by atoms with Gasteiger partial charge in [-0.05, 0) is 0 Å². The van der Waals surface area contributed by atoms with Crippen molar-refractivity contribution in [3.8, 4) is 0 Å². The zero-order chi connectivity index (χ0) is 72.1. The molecule has 45 heteroatoms. The van der Waals surface area contributed by atoms with E-state index in [1.165, 1.54) is 0 Å². The highest BCUT2D eigenvalue weighted by Crippen LogP contribution is 2.40. The van der Waals surface area contributed by atoms with Gasteiger partial charge in [-0.15, -0.1) is 0 Å². The lowest BCUT2D eigenvalue weighted by Gasteiger charge is -2.50. The fourth-order valence-corrected chi connectivity index (χ4v) is 13.4. The van der Waals surface area contributed by atoms with Gasteiger partial charge in [0.05, 0.1) is 59.5 Å². The third-order valence-corrected chi connectivity index (χ3v) is 19.0. The molecule has 0 aromatic carbocycles. The first-order chi connectivity index (χ1) is 47.1. The Hall–Kier alpha value is -1.80. The third-order valence-electron chi connectivity index (χ3n) is 19.0. The second-order valence-electron chi connectivity index (χ2n) is 25.3. The van der Waals surface area contributed by atoms with Crippen LogP contribution in [0.4, 0.5) is 0 Å². The molecule has 0 aromatic rings. The van der Waals surface area contributed by atoms with E-state index >= 15 is 0 Å². The molecular formula is C54H90O45. The quantitative estimate of drug-likeness (QED) is 0.102. The Morgan fingerprint density at radius 1 is 0.121 bits per heavy atom. The standard InChI is InChI=1S/C54H90O45/c55-1-10-37-19(64)28(73)46(82-10)92-38-11(2-56)84-48(30(75)21(38)66)94-40-13(4-58)86-50(32(77)23(40)68)96-42-15(6-60)88-52(34(79)25(42)70)98-44-17(8-62)90-54(36(81)27(44)72)99-45-18(9-63)89-53(35(80)26(45)71)97-43-16(7-61)87-51(33(78)24(43)69)95-41-14(5-59)85-49(31(76)22(41)67)93-39-12(3-57)83-47(91-37)29(74)20(39)65/h10-81H,1-9H2/t10?,11?,12?,13?,14?,15?,16?,17?,18?,19-,20-,21-,22-,23-,24-,25-,26-,27-,28?,29?,30?,31?,32?,33?,34?,35?,36?,37-,38-,39-,40-,41-,42-,43-,44-,45-,46-,47-,48-,49-,50+,51+,52-,53-,54-/m1/s1. The average molecular weight is 1460 g/mol. The number of aliphatic hydroxyl groups is 27. The van der Waals surface area contributed by atoms with Crippen LogP contribution in [0.2, 0.25) is 0 Å². The van der Waals surface area contributed by atoms with Crippen LogP contribution in [0.5, 0.6) is 0 Å². The number of rotatable bonds is 9. The van der Waals surface area contributed by atoms with Gasteiger partial charge in [0.15, 0.2) is 56.6 Å². The van der Waals surface area contributed by atoms with E-state index in [0.717, 1.165) is 0 Å². The molecule has 576 valence electrons. The lowest BCUT2D eigenvalue weighted by molar-refractivity contribution is -0.399. The molecule has 18 bridgehead atoms. The highest BCUT2D eigenvalue weighted by molar-refractivity contribution is 5.03. The highest BCUT2D eigenvalue weighted by atomic mass is 16.8. The molecule has 45 atom stereocenters. The van der Waals surface area contributed by atoms with Gasteiger partial charge < -0.3 is 223 Å². The molecule has 0 aliphatic carbocycles. The second kappa shape index (κ2) is 34.0. The van der Waals surface area contributed by atoms with Gasteiger partial charge in [0.2, 0.25) is 0 Å². The van der Waals surface area contributed by atoms with Crippen LogP contribution in [0.25, 0.3) is 0 Å². The first-order valence-electron chi connectivity index (χ1n) is 31.7. The van der Waals surface area contributed by atoms with Gasteiger partial charge in [0.1, 0.15) is 220 Å². The summed E-state index contributed by atoms with van der Waals surface area (Å²) in [5.74, 6) is 0. The Labute approximate surface area is 558 Å². The van der Waals surface area contributed by atoms with Crippen LogP contribution in [0, 0.1) is 0 Å². The van der Waals surface area contributed by atoms with E-state index in [1.54, 1.807) is 0 Å². The second-order valence-corrected chi connectivity index (χ2v) is 25.3. The summed E-state index contributed by atoms with van der Waals surface area (Å²) in [5.41, 5.74) is 0. The topological polar surface area (TPSA) is 712 Å². The Bertz CT molecular complexity index is 1940. The van der Waals surface area contributed by atoms with Crippen molar-refractivity contribution in [2.45, 2.75) is 276 Å². The highest BCUT2D eigenvalue weighted by Gasteiger charge is 2.61. The monoisotopic (exact) mass is 1460 g/mol. The van der Waals surface area contributed by atoms with Crippen LogP contribution in [0.1, 0.15) is 0 Å². The number of ether oxygens (including phenoxy) is 18. The summed E-state index contributed by atoms with van der Waals surface area (Å²) in [4.78, 5) is 0. The number of aliphatic hydroxyl groups excluding tert-OH is 27. The minimum atomic E-state index is -2.28. The normalized spacial score (nSPS) is 55.4. The largest absolute Gasteiger partial charge is 0.394 e. The molecule has 0 spiro atoms. The van der Waals surface area contributed by atoms with Crippen LogP contribution >= 0.6 is 0 Å². The molecule has 99 heavy (non-hydrogen) atoms. The van der Waals surface area contributed by atoms with E-state index < -0.39 is 336 Å². The maximum absolute atomic E-state index is 11.5. The van der Waals surface area contributed by atoms with Gasteiger partial charge in [-0.25, -0.2) is 0 Å². The van der Waals surface area contributed by atoms with Crippen molar-refractivity contribution in [2.24, 2.45) is 0 Å². The summed E-state index contributed by atoms with van der Waals surface area (Å²) in [6.45, 7) is -9.99. The van der Waals surface area contributed by atoms with Crippen LogP contribution < -0.4 is 0 Å². The minimum absolute atomic E-state index is 1.11. The van der Waals surface area contributed by atoms with E-state index in [9.17, 15) is 138 Å². The predicted molar refractivity (Wildman–Crippen MR) is 294 cm³/mol. The van der Waals surface area contributed by atoms with E-state index in [0.29, 0.717) is 0 Å². The molecule has 27 fully saturated rings. The maximum atomic E-state index is 11.5. The molecule has 27 aliphatic heterocycles. The Kier molecular flexibility index (Phi) is 27.4. The molecular weight excluding hydrogens is 1370 g/mol. The van der Waals surface area contributed by atoms with E-state index in [4.69, 9.17) is 85.3 Å². The molecule has 27 heterocycles. The molecule has 0 aromatic heterocycles. The first kappa shape index (κ1) is 79.8. The molecule has 45 nitrogen and oxygen atoms in total. The summed E-state index contributed by atoms with van der Waals surface area (Å²) in [7, 11) is 0. The molecule has 27 N–H and O–H groups in total. The van der Waals surface area contributed by atoms with Crippen molar-refractivity contribution in [1.82, 2.24) is 0 Å². The Morgan fingerprint density at radius 2 is 0.202 bits per heavy atom. The zero-order valence-corrected chi connectivity index (χ0v) is 51.8. The number of hydrogen-bond donors (Lipinski definition) is 27. The van der Waals surface area contributed by atoms with Gasteiger partial charge in [-0.1, -0.05) is 0 Å². The zero-order valence-electron chi connectivity index (χ0n) is 51.8. The van der Waals surface area contributed by atoms with Crippen molar-refractivity contribution in [3.63, 3.8) is 0 Å².